The lowest BCUT2D eigenvalue weighted by atomic mass is 9.93. The number of unbranched alkanes of at least 4 members (excludes halogenated alkanes) is 1. The summed E-state index contributed by atoms with van der Waals surface area (Å²) in [6, 6.07) is 9.56. The van der Waals surface area contributed by atoms with Crippen LogP contribution in [0.1, 0.15) is 67.4 Å². The number of hydrogen-bond acceptors (Lipinski definition) is 7. The van der Waals surface area contributed by atoms with Crippen molar-refractivity contribution in [1.82, 2.24) is 15.2 Å². The summed E-state index contributed by atoms with van der Waals surface area (Å²) in [5.41, 5.74) is 6.51. The molecule has 14 heteroatoms. The highest BCUT2D eigenvalue weighted by Crippen LogP contribution is 2.28. The summed E-state index contributed by atoms with van der Waals surface area (Å²) in [5.74, 6) is -2.22. The maximum Gasteiger partial charge on any atom is 0.319 e. The lowest BCUT2D eigenvalue weighted by molar-refractivity contribution is 0.0996. The Morgan fingerprint density at radius 3 is 2.54 bits per heavy atom. The molecular weight excluding hydrogens is 618 g/mol. The average Bonchev–Trinajstić information content (AvgIpc) is 3.00. The number of sulfonamides is 1. The first kappa shape index (κ1) is 34.6. The van der Waals surface area contributed by atoms with Gasteiger partial charge in [-0.2, -0.15) is 0 Å². The second-order valence-corrected chi connectivity index (χ2v) is 13.4. The maximum absolute atomic E-state index is 14.2. The number of carbonyl (C=O) groups is 2. The number of nitrogens with one attached hydrogen (secondary N) is 3. The van der Waals surface area contributed by atoms with Crippen molar-refractivity contribution in [3.05, 3.63) is 77.0 Å². The number of primary amides is 1. The first-order chi connectivity index (χ1) is 21.9. The minimum atomic E-state index is -3.38. The van der Waals surface area contributed by atoms with Crippen LogP contribution in [0, 0.1) is 18.6 Å². The highest BCUT2D eigenvalue weighted by molar-refractivity contribution is 7.92. The lowest BCUT2D eigenvalue weighted by Gasteiger charge is -2.40. The van der Waals surface area contributed by atoms with Gasteiger partial charge in [0.2, 0.25) is 15.9 Å². The standard InChI is InChI=1S/C32H40F2N6O5S/c1-4-6-7-24-15-22(37-32(42)38-28-16-25(31(35)41)26(33)17-27(28)34)12-13-40(24)19-21-8-11-30(36-18-21)45-29-10-9-23(14-20(29)3)39-46(43,44)5-2/h8-11,14,16-18,22,24,39H,4-7,12-13,15,19H2,1-3H3,(H2,35,41)(H2,37,38,42). The van der Waals surface area contributed by atoms with Crippen LogP contribution in [0.15, 0.2) is 48.7 Å². The van der Waals surface area contributed by atoms with Crippen molar-refractivity contribution in [2.24, 2.45) is 5.73 Å². The Balaban J connectivity index is 1.35. The van der Waals surface area contributed by atoms with Gasteiger partial charge in [-0.1, -0.05) is 25.8 Å². The number of aromatic nitrogens is 1. The minimum Gasteiger partial charge on any atom is -0.439 e. The van der Waals surface area contributed by atoms with Gasteiger partial charge in [0.1, 0.15) is 17.4 Å². The highest BCUT2D eigenvalue weighted by Gasteiger charge is 2.29. The zero-order valence-corrected chi connectivity index (χ0v) is 26.9. The summed E-state index contributed by atoms with van der Waals surface area (Å²) < 4.78 is 60.3. The molecule has 1 aliphatic rings. The number of aryl methyl sites for hydroxylation is 1. The molecule has 1 saturated heterocycles. The number of nitrogens with zero attached hydrogens (tertiary/aromatic N) is 2. The second kappa shape index (κ2) is 15.3. The molecule has 3 aromatic rings. The molecule has 248 valence electrons. The molecule has 2 atom stereocenters. The van der Waals surface area contributed by atoms with Crippen LogP contribution in [0.4, 0.5) is 25.0 Å². The number of nitrogens with two attached hydrogens (primary N) is 1. The Labute approximate surface area is 268 Å². The molecule has 0 spiro atoms. The smallest absolute Gasteiger partial charge is 0.319 e. The van der Waals surface area contributed by atoms with E-state index in [9.17, 15) is 26.8 Å². The van der Waals surface area contributed by atoms with Gasteiger partial charge in [0.25, 0.3) is 5.91 Å². The summed E-state index contributed by atoms with van der Waals surface area (Å²) in [4.78, 5) is 31.0. The number of piperidine rings is 1. The van der Waals surface area contributed by atoms with E-state index >= 15 is 0 Å². The molecule has 4 rings (SSSR count). The average molecular weight is 659 g/mol. The van der Waals surface area contributed by atoms with Crippen molar-refractivity contribution in [1.29, 1.82) is 0 Å². The second-order valence-electron chi connectivity index (χ2n) is 11.4. The van der Waals surface area contributed by atoms with Crippen LogP contribution in [-0.2, 0) is 16.6 Å². The summed E-state index contributed by atoms with van der Waals surface area (Å²) in [6.45, 7) is 6.88. The van der Waals surface area contributed by atoms with Crippen LogP contribution in [-0.4, -0.2) is 54.6 Å². The molecule has 0 radical (unpaired) electrons. The SMILES string of the molecule is CCCCC1CC(NC(=O)Nc2cc(C(N)=O)c(F)cc2F)CCN1Cc1ccc(Oc2ccc(NS(=O)(=O)CC)cc2C)nc1. The molecule has 1 aliphatic heterocycles. The van der Waals surface area contributed by atoms with Gasteiger partial charge in [0.15, 0.2) is 0 Å². The minimum absolute atomic E-state index is 0.0193. The molecule has 3 amide bonds. The Morgan fingerprint density at radius 1 is 1.11 bits per heavy atom. The van der Waals surface area contributed by atoms with E-state index in [0.717, 1.165) is 36.5 Å². The Bertz CT molecular complexity index is 1660. The molecule has 1 aromatic heterocycles. The maximum atomic E-state index is 14.2. The van der Waals surface area contributed by atoms with Gasteiger partial charge in [-0.3, -0.25) is 14.4 Å². The summed E-state index contributed by atoms with van der Waals surface area (Å²) in [7, 11) is -3.38. The normalized spacial score (nSPS) is 16.9. The van der Waals surface area contributed by atoms with Crippen molar-refractivity contribution >= 4 is 33.3 Å². The summed E-state index contributed by atoms with van der Waals surface area (Å²) >= 11 is 0. The van der Waals surface area contributed by atoms with Crippen LogP contribution in [0.5, 0.6) is 11.6 Å². The number of halogens is 2. The number of pyridine rings is 1. The van der Waals surface area contributed by atoms with E-state index in [1.165, 1.54) is 0 Å². The highest BCUT2D eigenvalue weighted by atomic mass is 32.2. The molecule has 1 fully saturated rings. The van der Waals surface area contributed by atoms with Crippen LogP contribution in [0.2, 0.25) is 0 Å². The topological polar surface area (TPSA) is 156 Å². The van der Waals surface area contributed by atoms with Gasteiger partial charge in [0, 0.05) is 49.2 Å². The molecule has 2 unspecified atom stereocenters. The van der Waals surface area contributed by atoms with E-state index in [0.29, 0.717) is 49.3 Å². The van der Waals surface area contributed by atoms with Crippen molar-refractivity contribution in [3.63, 3.8) is 0 Å². The molecule has 0 saturated carbocycles. The number of ether oxygens (including phenoxy) is 1. The van der Waals surface area contributed by atoms with Gasteiger partial charge < -0.3 is 21.1 Å². The van der Waals surface area contributed by atoms with E-state index in [1.54, 1.807) is 37.4 Å². The number of carbonyl (C=O) groups excluding carboxylic acids is 2. The molecule has 0 aliphatic carbocycles. The van der Waals surface area contributed by atoms with E-state index in [1.807, 2.05) is 13.0 Å². The number of benzene rings is 2. The third-order valence-electron chi connectivity index (χ3n) is 7.86. The molecule has 0 bridgehead atoms. The fourth-order valence-electron chi connectivity index (χ4n) is 5.35. The van der Waals surface area contributed by atoms with Crippen LogP contribution in [0.25, 0.3) is 0 Å². The summed E-state index contributed by atoms with van der Waals surface area (Å²) in [6.07, 6.45) is 6.08. The first-order valence-corrected chi connectivity index (χ1v) is 16.9. The van der Waals surface area contributed by atoms with Crippen LogP contribution < -0.4 is 25.8 Å². The fourth-order valence-corrected chi connectivity index (χ4v) is 5.98. The van der Waals surface area contributed by atoms with Crippen LogP contribution in [0.3, 0.4) is 0 Å². The molecular formula is C32H40F2N6O5S. The van der Waals surface area contributed by atoms with Gasteiger partial charge in [0.05, 0.1) is 17.0 Å². The molecule has 11 nitrogen and oxygen atoms in total. The van der Waals surface area contributed by atoms with Gasteiger partial charge >= 0.3 is 6.03 Å². The molecule has 46 heavy (non-hydrogen) atoms. The van der Waals surface area contributed by atoms with Crippen molar-refractivity contribution in [3.8, 4) is 11.6 Å². The molecule has 2 heterocycles. The van der Waals surface area contributed by atoms with Crippen molar-refractivity contribution in [2.45, 2.75) is 71.5 Å². The van der Waals surface area contributed by atoms with E-state index < -0.39 is 39.2 Å². The summed E-state index contributed by atoms with van der Waals surface area (Å²) in [5, 5.41) is 5.25. The van der Waals surface area contributed by atoms with Crippen molar-refractivity contribution < 1.29 is 31.5 Å². The van der Waals surface area contributed by atoms with E-state index in [2.05, 4.69) is 32.2 Å². The third kappa shape index (κ3) is 9.36. The molecule has 5 N–H and O–H groups in total. The van der Waals surface area contributed by atoms with Crippen molar-refractivity contribution in [2.75, 3.05) is 22.3 Å². The van der Waals surface area contributed by atoms with Gasteiger partial charge in [-0.15, -0.1) is 0 Å². The zero-order chi connectivity index (χ0) is 33.4. The Kier molecular flexibility index (Phi) is 11.5. The quantitative estimate of drug-likeness (QED) is 0.185. The Hall–Kier alpha value is -4.30. The van der Waals surface area contributed by atoms with Gasteiger partial charge in [-0.05, 0) is 68.5 Å². The third-order valence-corrected chi connectivity index (χ3v) is 9.17. The number of hydrogen-bond donors (Lipinski definition) is 4. The largest absolute Gasteiger partial charge is 0.439 e. The van der Waals surface area contributed by atoms with Crippen LogP contribution >= 0.6 is 0 Å². The Morgan fingerprint density at radius 2 is 1.89 bits per heavy atom. The molecule has 2 aromatic carbocycles. The van der Waals surface area contributed by atoms with Gasteiger partial charge in [-0.25, -0.2) is 27.0 Å². The predicted octanol–water partition coefficient (Wildman–Crippen LogP) is 5.67. The number of urea groups is 1. The number of likely N-dealkylation sites (tertiary alicyclic amines) is 1. The lowest BCUT2D eigenvalue weighted by Crippen LogP contribution is -2.50. The monoisotopic (exact) mass is 658 g/mol. The number of rotatable bonds is 13. The number of anilines is 2. The van der Waals surface area contributed by atoms with E-state index in [4.69, 9.17) is 10.5 Å². The zero-order valence-electron chi connectivity index (χ0n) is 26.1. The first-order valence-electron chi connectivity index (χ1n) is 15.2. The predicted molar refractivity (Wildman–Crippen MR) is 172 cm³/mol. The fraction of sp³-hybridized carbons (Fsp3) is 0.406. The van der Waals surface area contributed by atoms with E-state index in [-0.39, 0.29) is 23.5 Å². The number of amides is 3.